The number of benzene rings is 1. The van der Waals surface area contributed by atoms with Gasteiger partial charge in [-0.1, -0.05) is 30.3 Å². The monoisotopic (exact) mass is 436 g/mol. The number of fused-ring (bicyclic) bond motifs is 2. The normalized spacial score (nSPS) is 18.1. The van der Waals surface area contributed by atoms with Crippen molar-refractivity contribution in [3.63, 3.8) is 0 Å². The van der Waals surface area contributed by atoms with E-state index in [0.29, 0.717) is 19.6 Å². The van der Waals surface area contributed by atoms with Crippen LogP contribution in [0, 0.1) is 0 Å². The van der Waals surface area contributed by atoms with E-state index in [0.717, 1.165) is 62.3 Å². The van der Waals surface area contributed by atoms with Crippen LogP contribution in [0.1, 0.15) is 47.6 Å². The van der Waals surface area contributed by atoms with E-state index in [-0.39, 0.29) is 18.2 Å². The number of anilines is 1. The maximum atomic E-state index is 12.5. The summed E-state index contributed by atoms with van der Waals surface area (Å²) in [7, 11) is 0. The largest absolute Gasteiger partial charge is 0.481 e. The second kappa shape index (κ2) is 10.6. The van der Waals surface area contributed by atoms with Crippen LogP contribution < -0.4 is 10.6 Å². The molecule has 1 amide bonds. The molecule has 0 fully saturated rings. The summed E-state index contributed by atoms with van der Waals surface area (Å²) in [6.07, 6.45) is 4.82. The summed E-state index contributed by atoms with van der Waals surface area (Å²) in [5.41, 5.74) is 4.63. The summed E-state index contributed by atoms with van der Waals surface area (Å²) < 4.78 is 0. The lowest BCUT2D eigenvalue weighted by atomic mass is 9.91. The van der Waals surface area contributed by atoms with E-state index in [9.17, 15) is 14.7 Å². The third kappa shape index (κ3) is 5.85. The molecule has 1 atom stereocenters. The molecule has 0 aliphatic carbocycles. The van der Waals surface area contributed by atoms with Crippen molar-refractivity contribution in [3.8, 4) is 0 Å². The number of carbonyl (C=O) groups excluding carboxylic acids is 1. The average molecular weight is 437 g/mol. The molecule has 0 spiro atoms. The second-order valence-electron chi connectivity index (χ2n) is 8.77. The maximum absolute atomic E-state index is 12.5. The van der Waals surface area contributed by atoms with Crippen LogP contribution in [0.15, 0.2) is 36.4 Å². The van der Waals surface area contributed by atoms with Crippen molar-refractivity contribution in [1.82, 2.24) is 15.2 Å². The molecule has 1 aromatic carbocycles. The first-order valence-corrected chi connectivity index (χ1v) is 11.6. The average Bonchev–Trinajstić information content (AvgIpc) is 2.96. The zero-order chi connectivity index (χ0) is 22.3. The summed E-state index contributed by atoms with van der Waals surface area (Å²) in [6.45, 7) is 3.23. The fourth-order valence-electron chi connectivity index (χ4n) is 4.73. The summed E-state index contributed by atoms with van der Waals surface area (Å²) in [5, 5.41) is 15.7. The van der Waals surface area contributed by atoms with E-state index in [1.165, 1.54) is 11.1 Å². The van der Waals surface area contributed by atoms with E-state index in [2.05, 4.69) is 33.7 Å². The molecule has 7 nitrogen and oxygen atoms in total. The van der Waals surface area contributed by atoms with Gasteiger partial charge in [0.2, 0.25) is 5.91 Å². The first kappa shape index (κ1) is 22.3. The standard InChI is InChI=1S/C25H32N4O3/c30-23(26-12-4-7-21-10-9-19-6-3-13-27-25(19)28-21)17-29-14-11-18-5-1-2-8-22(18)20(16-29)15-24(31)32/h1-2,5,8-10,20H,3-4,6-7,11-17H2,(H,26,30)(H,27,28)(H,31,32). The van der Waals surface area contributed by atoms with Gasteiger partial charge in [0.1, 0.15) is 5.82 Å². The van der Waals surface area contributed by atoms with E-state index >= 15 is 0 Å². The van der Waals surface area contributed by atoms with Gasteiger partial charge in [-0.15, -0.1) is 0 Å². The van der Waals surface area contributed by atoms with Gasteiger partial charge < -0.3 is 15.7 Å². The first-order chi connectivity index (χ1) is 15.6. The number of nitrogens with zero attached hydrogens (tertiary/aromatic N) is 2. The predicted molar refractivity (Wildman–Crippen MR) is 124 cm³/mol. The number of rotatable bonds is 8. The molecule has 1 unspecified atom stereocenters. The molecule has 0 radical (unpaired) electrons. The Morgan fingerprint density at radius 2 is 2.03 bits per heavy atom. The number of aliphatic carboxylic acids is 1. The molecule has 0 saturated heterocycles. The fourth-order valence-corrected chi connectivity index (χ4v) is 4.73. The number of aromatic nitrogens is 1. The van der Waals surface area contributed by atoms with E-state index < -0.39 is 5.97 Å². The summed E-state index contributed by atoms with van der Waals surface area (Å²) >= 11 is 0. The van der Waals surface area contributed by atoms with E-state index in [4.69, 9.17) is 4.98 Å². The fraction of sp³-hybridized carbons (Fsp3) is 0.480. The minimum atomic E-state index is -0.804. The maximum Gasteiger partial charge on any atom is 0.304 e. The van der Waals surface area contributed by atoms with Gasteiger partial charge in [-0.25, -0.2) is 4.98 Å². The lowest BCUT2D eigenvalue weighted by molar-refractivity contribution is -0.137. The van der Waals surface area contributed by atoms with Gasteiger partial charge in [-0.2, -0.15) is 0 Å². The van der Waals surface area contributed by atoms with Gasteiger partial charge in [0.05, 0.1) is 13.0 Å². The number of hydrogen-bond acceptors (Lipinski definition) is 5. The van der Waals surface area contributed by atoms with Crippen LogP contribution >= 0.6 is 0 Å². The van der Waals surface area contributed by atoms with Crippen LogP contribution in [0.3, 0.4) is 0 Å². The Morgan fingerprint density at radius 3 is 2.91 bits per heavy atom. The predicted octanol–water partition coefficient (Wildman–Crippen LogP) is 2.61. The van der Waals surface area contributed by atoms with Crippen LogP contribution in [0.2, 0.25) is 0 Å². The SMILES string of the molecule is O=C(O)CC1CN(CC(=O)NCCCc2ccc3c(n2)NCCC3)CCc2ccccc21. The Bertz CT molecular complexity index is 962. The van der Waals surface area contributed by atoms with Gasteiger partial charge in [0, 0.05) is 37.8 Å². The second-order valence-corrected chi connectivity index (χ2v) is 8.77. The molecule has 4 rings (SSSR count). The van der Waals surface area contributed by atoms with Crippen LogP contribution in [0.4, 0.5) is 5.82 Å². The molecule has 1 aromatic heterocycles. The lowest BCUT2D eigenvalue weighted by Gasteiger charge is -2.23. The van der Waals surface area contributed by atoms with Crippen molar-refractivity contribution in [2.45, 2.75) is 44.4 Å². The van der Waals surface area contributed by atoms with Crippen LogP contribution in [0.5, 0.6) is 0 Å². The Labute approximate surface area is 189 Å². The van der Waals surface area contributed by atoms with Crippen molar-refractivity contribution in [2.75, 3.05) is 38.0 Å². The van der Waals surface area contributed by atoms with Crippen molar-refractivity contribution < 1.29 is 14.7 Å². The van der Waals surface area contributed by atoms with E-state index in [1.807, 2.05) is 18.2 Å². The zero-order valence-electron chi connectivity index (χ0n) is 18.5. The molecule has 2 aromatic rings. The molecule has 2 aliphatic heterocycles. The highest BCUT2D eigenvalue weighted by Gasteiger charge is 2.25. The van der Waals surface area contributed by atoms with Crippen molar-refractivity contribution in [2.24, 2.45) is 0 Å². The zero-order valence-corrected chi connectivity index (χ0v) is 18.5. The molecule has 170 valence electrons. The minimum absolute atomic E-state index is 0.00917. The molecule has 3 heterocycles. The number of aryl methyl sites for hydroxylation is 2. The first-order valence-electron chi connectivity index (χ1n) is 11.6. The lowest BCUT2D eigenvalue weighted by Crippen LogP contribution is -2.39. The number of carboxylic acids is 1. The Hall–Kier alpha value is -2.93. The molecule has 0 bridgehead atoms. The number of amides is 1. The van der Waals surface area contributed by atoms with Gasteiger partial charge in [-0.05, 0) is 54.9 Å². The molecule has 0 saturated carbocycles. The van der Waals surface area contributed by atoms with Crippen molar-refractivity contribution in [3.05, 3.63) is 58.8 Å². The van der Waals surface area contributed by atoms with E-state index in [1.54, 1.807) is 0 Å². The Kier molecular flexibility index (Phi) is 7.37. The van der Waals surface area contributed by atoms with Gasteiger partial charge >= 0.3 is 5.97 Å². The molecule has 32 heavy (non-hydrogen) atoms. The van der Waals surface area contributed by atoms with Gasteiger partial charge in [0.15, 0.2) is 0 Å². The summed E-state index contributed by atoms with van der Waals surface area (Å²) in [5.74, 6) is 0.103. The van der Waals surface area contributed by atoms with Crippen LogP contribution in [0.25, 0.3) is 0 Å². The van der Waals surface area contributed by atoms with Crippen LogP contribution in [-0.2, 0) is 28.9 Å². The van der Waals surface area contributed by atoms with Gasteiger partial charge in [-0.3, -0.25) is 14.5 Å². The van der Waals surface area contributed by atoms with Crippen molar-refractivity contribution >= 4 is 17.7 Å². The third-order valence-electron chi connectivity index (χ3n) is 6.34. The summed E-state index contributed by atoms with van der Waals surface area (Å²) in [6, 6.07) is 12.3. The number of pyridine rings is 1. The molecular formula is C25H32N4O3. The number of carboxylic acid groups (broad SMARTS) is 1. The molecule has 7 heteroatoms. The summed E-state index contributed by atoms with van der Waals surface area (Å²) in [4.78, 5) is 30.7. The molecular weight excluding hydrogens is 404 g/mol. The molecule has 3 N–H and O–H groups in total. The van der Waals surface area contributed by atoms with Gasteiger partial charge in [0.25, 0.3) is 0 Å². The highest BCUT2D eigenvalue weighted by atomic mass is 16.4. The number of carbonyl (C=O) groups is 2. The topological polar surface area (TPSA) is 94.6 Å². The van der Waals surface area contributed by atoms with Crippen LogP contribution in [-0.4, -0.2) is 59.6 Å². The third-order valence-corrected chi connectivity index (χ3v) is 6.34. The van der Waals surface area contributed by atoms with Crippen molar-refractivity contribution in [1.29, 1.82) is 0 Å². The highest BCUT2D eigenvalue weighted by Crippen LogP contribution is 2.28. The number of nitrogens with one attached hydrogen (secondary N) is 2. The Morgan fingerprint density at radius 1 is 1.16 bits per heavy atom. The quantitative estimate of drug-likeness (QED) is 0.551. The Balaban J connectivity index is 1.24. The number of hydrogen-bond donors (Lipinski definition) is 3. The minimum Gasteiger partial charge on any atom is -0.481 e. The smallest absolute Gasteiger partial charge is 0.304 e. The molecule has 2 aliphatic rings. The highest BCUT2D eigenvalue weighted by molar-refractivity contribution is 5.78.